The maximum Gasteiger partial charge on any atom is 0.344 e. The Morgan fingerprint density at radius 3 is 2.53 bits per heavy atom. The van der Waals surface area contributed by atoms with Crippen LogP contribution in [0.1, 0.15) is 11.1 Å². The summed E-state index contributed by atoms with van der Waals surface area (Å²) in [7, 11) is 0. The second-order valence-electron chi connectivity index (χ2n) is 2.71. The van der Waals surface area contributed by atoms with Gasteiger partial charge in [-0.25, -0.2) is 4.79 Å². The van der Waals surface area contributed by atoms with Crippen molar-refractivity contribution in [2.24, 2.45) is 5.16 Å². The van der Waals surface area contributed by atoms with Gasteiger partial charge >= 0.3 is 5.97 Å². The number of nitrogens with one attached hydrogen (secondary N) is 1. The van der Waals surface area contributed by atoms with Crippen molar-refractivity contribution in [3.05, 3.63) is 35.4 Å². The average Bonchev–Trinajstić information content (AvgIpc) is 2.25. The number of oxime groups is 1. The van der Waals surface area contributed by atoms with Gasteiger partial charge in [0.1, 0.15) is 0 Å². The predicted octanol–water partition coefficient (Wildman–Crippen LogP) is 1.12. The largest absolute Gasteiger partial charge is 0.479 e. The lowest BCUT2D eigenvalue weighted by atomic mass is 10.2. The van der Waals surface area contributed by atoms with Crippen LogP contribution in [0.2, 0.25) is 0 Å². The highest BCUT2D eigenvalue weighted by atomic mass is 16.6. The van der Waals surface area contributed by atoms with Gasteiger partial charge in [-0.05, 0) is 11.1 Å². The SMILES string of the molecule is N=Cc1ccc(C=NOCC(=O)O)cc1. The summed E-state index contributed by atoms with van der Waals surface area (Å²) in [4.78, 5) is 14.6. The summed E-state index contributed by atoms with van der Waals surface area (Å²) >= 11 is 0. The molecule has 0 spiro atoms. The number of carboxylic acid groups (broad SMARTS) is 1. The zero-order valence-corrected chi connectivity index (χ0v) is 7.88. The van der Waals surface area contributed by atoms with Crippen molar-refractivity contribution in [3.63, 3.8) is 0 Å². The second-order valence-corrected chi connectivity index (χ2v) is 2.71. The average molecular weight is 206 g/mol. The molecule has 1 aromatic rings. The summed E-state index contributed by atoms with van der Waals surface area (Å²) in [5, 5.41) is 18.7. The normalized spacial score (nSPS) is 10.1. The highest BCUT2D eigenvalue weighted by molar-refractivity contribution is 5.82. The van der Waals surface area contributed by atoms with E-state index in [1.54, 1.807) is 24.3 Å². The first-order valence-corrected chi connectivity index (χ1v) is 4.20. The molecule has 0 radical (unpaired) electrons. The lowest BCUT2D eigenvalue weighted by molar-refractivity contribution is -0.142. The van der Waals surface area contributed by atoms with Gasteiger partial charge < -0.3 is 15.4 Å². The molecule has 5 nitrogen and oxygen atoms in total. The number of hydrogen-bond acceptors (Lipinski definition) is 4. The van der Waals surface area contributed by atoms with E-state index in [-0.39, 0.29) is 0 Å². The first kappa shape index (κ1) is 10.9. The van der Waals surface area contributed by atoms with Gasteiger partial charge in [0.15, 0.2) is 0 Å². The molecule has 5 heteroatoms. The number of aliphatic carboxylic acids is 1. The maximum absolute atomic E-state index is 10.1. The van der Waals surface area contributed by atoms with Crippen molar-refractivity contribution in [1.29, 1.82) is 5.41 Å². The van der Waals surface area contributed by atoms with Gasteiger partial charge in [-0.1, -0.05) is 29.4 Å². The van der Waals surface area contributed by atoms with Crippen molar-refractivity contribution >= 4 is 18.4 Å². The van der Waals surface area contributed by atoms with Crippen LogP contribution in [-0.4, -0.2) is 30.1 Å². The molecule has 0 saturated heterocycles. The Hall–Kier alpha value is -2.17. The Morgan fingerprint density at radius 1 is 1.40 bits per heavy atom. The van der Waals surface area contributed by atoms with Crippen LogP contribution < -0.4 is 0 Å². The van der Waals surface area contributed by atoms with Crippen LogP contribution in [0.15, 0.2) is 29.4 Å². The zero-order chi connectivity index (χ0) is 11.1. The summed E-state index contributed by atoms with van der Waals surface area (Å²) in [5.74, 6) is -1.06. The molecular weight excluding hydrogens is 196 g/mol. The Balaban J connectivity index is 2.49. The quantitative estimate of drug-likeness (QED) is 0.559. The summed E-state index contributed by atoms with van der Waals surface area (Å²) < 4.78 is 0. The summed E-state index contributed by atoms with van der Waals surface area (Å²) in [6.45, 7) is -0.449. The lowest BCUT2D eigenvalue weighted by Gasteiger charge is -1.95. The molecule has 15 heavy (non-hydrogen) atoms. The third-order valence-electron chi connectivity index (χ3n) is 1.57. The van der Waals surface area contributed by atoms with Crippen LogP contribution in [0.4, 0.5) is 0 Å². The van der Waals surface area contributed by atoms with Crippen molar-refractivity contribution in [1.82, 2.24) is 0 Å². The van der Waals surface area contributed by atoms with E-state index in [4.69, 9.17) is 10.5 Å². The van der Waals surface area contributed by atoms with Gasteiger partial charge in [-0.3, -0.25) is 0 Å². The molecule has 1 aromatic carbocycles. The van der Waals surface area contributed by atoms with Crippen molar-refractivity contribution in [2.75, 3.05) is 6.61 Å². The topological polar surface area (TPSA) is 82.7 Å². The monoisotopic (exact) mass is 206 g/mol. The highest BCUT2D eigenvalue weighted by Crippen LogP contribution is 1.99. The van der Waals surface area contributed by atoms with Crippen LogP contribution in [0, 0.1) is 5.41 Å². The first-order chi connectivity index (χ1) is 7.22. The zero-order valence-electron chi connectivity index (χ0n) is 7.88. The van der Waals surface area contributed by atoms with Crippen LogP contribution in [-0.2, 0) is 9.63 Å². The van der Waals surface area contributed by atoms with E-state index in [2.05, 4.69) is 9.99 Å². The second kappa shape index (κ2) is 5.54. The lowest BCUT2D eigenvalue weighted by Crippen LogP contribution is -2.03. The first-order valence-electron chi connectivity index (χ1n) is 4.20. The molecule has 0 saturated carbocycles. The minimum absolute atomic E-state index is 0.449. The molecule has 0 atom stereocenters. The molecule has 0 aromatic heterocycles. The van der Waals surface area contributed by atoms with E-state index in [0.29, 0.717) is 0 Å². The molecule has 2 N–H and O–H groups in total. The van der Waals surface area contributed by atoms with Crippen molar-refractivity contribution in [3.8, 4) is 0 Å². The smallest absolute Gasteiger partial charge is 0.344 e. The minimum Gasteiger partial charge on any atom is -0.479 e. The maximum atomic E-state index is 10.1. The Labute approximate surface area is 86.5 Å². The van der Waals surface area contributed by atoms with E-state index >= 15 is 0 Å². The molecule has 0 aliphatic heterocycles. The molecule has 0 fully saturated rings. The summed E-state index contributed by atoms with van der Waals surface area (Å²) in [5.41, 5.74) is 1.57. The molecule has 0 unspecified atom stereocenters. The third-order valence-corrected chi connectivity index (χ3v) is 1.57. The van der Waals surface area contributed by atoms with Crippen LogP contribution >= 0.6 is 0 Å². The summed E-state index contributed by atoms with van der Waals surface area (Å²) in [6, 6.07) is 7.03. The van der Waals surface area contributed by atoms with E-state index in [1.165, 1.54) is 12.4 Å². The molecule has 78 valence electrons. The Morgan fingerprint density at radius 2 is 2.00 bits per heavy atom. The Bertz CT molecular complexity index is 371. The molecular formula is C10H10N2O3. The van der Waals surface area contributed by atoms with Crippen molar-refractivity contribution < 1.29 is 14.7 Å². The number of nitrogens with zero attached hydrogens (tertiary/aromatic N) is 1. The molecule has 0 bridgehead atoms. The standard InChI is InChI=1S/C10H10N2O3/c11-5-8-1-3-9(4-2-8)6-12-15-7-10(13)14/h1-6,11H,7H2,(H,13,14). The van der Waals surface area contributed by atoms with Gasteiger partial charge in [0.25, 0.3) is 0 Å². The van der Waals surface area contributed by atoms with Gasteiger partial charge in [0.2, 0.25) is 6.61 Å². The molecule has 0 amide bonds. The van der Waals surface area contributed by atoms with Gasteiger partial charge in [0.05, 0.1) is 6.21 Å². The van der Waals surface area contributed by atoms with Gasteiger partial charge in [-0.15, -0.1) is 0 Å². The fourth-order valence-corrected chi connectivity index (χ4v) is 0.869. The third kappa shape index (κ3) is 4.04. The fourth-order valence-electron chi connectivity index (χ4n) is 0.869. The number of carbonyl (C=O) groups is 1. The van der Waals surface area contributed by atoms with Crippen LogP contribution in [0.3, 0.4) is 0 Å². The van der Waals surface area contributed by atoms with Crippen LogP contribution in [0.5, 0.6) is 0 Å². The number of hydrogen-bond donors (Lipinski definition) is 2. The molecule has 1 rings (SSSR count). The minimum atomic E-state index is -1.06. The fraction of sp³-hybridized carbons (Fsp3) is 0.100. The van der Waals surface area contributed by atoms with E-state index < -0.39 is 12.6 Å². The molecule has 0 aliphatic rings. The number of rotatable bonds is 5. The predicted molar refractivity (Wildman–Crippen MR) is 55.5 cm³/mol. The molecule has 0 heterocycles. The van der Waals surface area contributed by atoms with E-state index in [9.17, 15) is 4.79 Å². The van der Waals surface area contributed by atoms with Crippen LogP contribution in [0.25, 0.3) is 0 Å². The molecule has 0 aliphatic carbocycles. The highest BCUT2D eigenvalue weighted by Gasteiger charge is 1.93. The Kier molecular flexibility index (Phi) is 4.03. The number of benzene rings is 1. The van der Waals surface area contributed by atoms with Gasteiger partial charge in [0, 0.05) is 6.21 Å². The van der Waals surface area contributed by atoms with E-state index in [0.717, 1.165) is 11.1 Å². The van der Waals surface area contributed by atoms with E-state index in [1.807, 2.05) is 0 Å². The summed E-state index contributed by atoms with van der Waals surface area (Å²) in [6.07, 6.45) is 2.65. The van der Waals surface area contributed by atoms with Gasteiger partial charge in [-0.2, -0.15) is 0 Å². The number of carboxylic acids is 1. The van der Waals surface area contributed by atoms with Crippen molar-refractivity contribution in [2.45, 2.75) is 0 Å².